The van der Waals surface area contributed by atoms with E-state index in [0.29, 0.717) is 0 Å². The Morgan fingerprint density at radius 3 is 1.70 bits per heavy atom. The van der Waals surface area contributed by atoms with E-state index >= 15 is 0 Å². The van der Waals surface area contributed by atoms with E-state index < -0.39 is 0 Å². The number of allylic oxidation sites excluding steroid dienone is 4. The molecule has 0 spiro atoms. The topological polar surface area (TPSA) is 0 Å². The Balaban J connectivity index is -0.000000149. The molecule has 0 rings (SSSR count). The van der Waals surface area contributed by atoms with E-state index in [1.165, 1.54) is 0 Å². The molecule has 0 bridgehead atoms. The van der Waals surface area contributed by atoms with Crippen LogP contribution in [0.2, 0.25) is 0 Å². The van der Waals surface area contributed by atoms with Gasteiger partial charge in [-0.2, -0.15) is 0 Å². The molecule has 0 heterocycles. The predicted octanol–water partition coefficient (Wildman–Crippen LogP) is 3.95. The fourth-order valence-corrected chi connectivity index (χ4v) is 0.254. The molecule has 1 heteroatoms. The molecule has 0 aromatic rings. The minimum atomic E-state index is 0. The zero-order valence-corrected chi connectivity index (χ0v) is 9.38. The molecule has 0 unspecified atom stereocenters. The highest BCUT2D eigenvalue weighted by Crippen LogP contribution is 1.90. The molecule has 0 nitrogen and oxygen atoms in total. The summed E-state index contributed by atoms with van der Waals surface area (Å²) in [6, 6.07) is 0. The lowest BCUT2D eigenvalue weighted by Crippen LogP contribution is -1.58. The van der Waals surface area contributed by atoms with E-state index in [1.807, 2.05) is 26.8 Å². The van der Waals surface area contributed by atoms with E-state index in [-0.39, 0.29) is 24.0 Å². The molecule has 0 fully saturated rings. The molecule has 0 amide bonds. The van der Waals surface area contributed by atoms with Crippen LogP contribution in [0.4, 0.5) is 0 Å². The van der Waals surface area contributed by atoms with Crippen molar-refractivity contribution in [3.8, 4) is 0 Å². The van der Waals surface area contributed by atoms with E-state index in [1.54, 1.807) is 12.2 Å². The maximum absolute atomic E-state index is 3.56. The van der Waals surface area contributed by atoms with Gasteiger partial charge in [-0.15, -0.1) is 24.0 Å². The summed E-state index contributed by atoms with van der Waals surface area (Å²) in [5, 5.41) is 0. The summed E-state index contributed by atoms with van der Waals surface area (Å²) in [6.07, 6.45) is 5.45. The van der Waals surface area contributed by atoms with Crippen LogP contribution in [-0.4, -0.2) is 0 Å². The Morgan fingerprint density at radius 1 is 1.20 bits per heavy atom. The van der Waals surface area contributed by atoms with E-state index in [2.05, 4.69) is 13.2 Å². The first-order valence-corrected chi connectivity index (χ1v) is 3.23. The molecule has 0 saturated heterocycles. The zero-order chi connectivity index (χ0) is 7.70. The van der Waals surface area contributed by atoms with Crippen LogP contribution in [0.5, 0.6) is 0 Å². The fraction of sp³-hybridized carbons (Fsp3) is 0.333. The van der Waals surface area contributed by atoms with Crippen molar-refractivity contribution in [2.24, 2.45) is 0 Å². The van der Waals surface area contributed by atoms with Crippen molar-refractivity contribution in [2.75, 3.05) is 0 Å². The van der Waals surface area contributed by atoms with Gasteiger partial charge in [0.15, 0.2) is 0 Å². The van der Waals surface area contributed by atoms with Gasteiger partial charge in [-0.3, -0.25) is 0 Å². The first-order valence-electron chi connectivity index (χ1n) is 3.23. The number of hydrogen-bond acceptors (Lipinski definition) is 0. The average Bonchev–Trinajstić information content (AvgIpc) is 1.93. The Morgan fingerprint density at radius 2 is 1.60 bits per heavy atom. The average molecular weight is 252 g/mol. The zero-order valence-electron chi connectivity index (χ0n) is 7.05. The van der Waals surface area contributed by atoms with E-state index in [9.17, 15) is 0 Å². The number of hydrogen-bond donors (Lipinski definition) is 0. The maximum atomic E-state index is 3.56. The smallest absolute Gasteiger partial charge is 0.0398 e. The molecule has 0 saturated carbocycles. The van der Waals surface area contributed by atoms with Gasteiger partial charge in [0.05, 0.1) is 0 Å². The minimum absolute atomic E-state index is 0. The van der Waals surface area contributed by atoms with Crippen molar-refractivity contribution in [3.05, 3.63) is 37.0 Å². The summed E-state index contributed by atoms with van der Waals surface area (Å²) in [4.78, 5) is 0. The van der Waals surface area contributed by atoms with Gasteiger partial charge in [0.25, 0.3) is 0 Å². The lowest BCUT2D eigenvalue weighted by Gasteiger charge is -1.80. The van der Waals surface area contributed by atoms with Gasteiger partial charge in [0, 0.05) is 0 Å². The predicted molar refractivity (Wildman–Crippen MR) is 60.9 cm³/mol. The third kappa shape index (κ3) is 15.7. The van der Waals surface area contributed by atoms with Crippen molar-refractivity contribution >= 4 is 24.0 Å². The first-order chi connectivity index (χ1) is 4.31. The van der Waals surface area contributed by atoms with Crippen LogP contribution in [0.25, 0.3) is 0 Å². The van der Waals surface area contributed by atoms with Crippen molar-refractivity contribution in [1.82, 2.24) is 0 Å². The highest BCUT2D eigenvalue weighted by atomic mass is 127. The summed E-state index contributed by atoms with van der Waals surface area (Å²) in [5.41, 5.74) is 1.15. The molecule has 10 heavy (non-hydrogen) atoms. The largest absolute Gasteiger partial charge is 0.107 e. The SMILES string of the molecule is C=C/C=C(/C)C=C.CC.I. The van der Waals surface area contributed by atoms with Gasteiger partial charge in [-0.25, -0.2) is 0 Å². The fourth-order valence-electron chi connectivity index (χ4n) is 0.254. The van der Waals surface area contributed by atoms with Gasteiger partial charge in [-0.05, 0) is 6.92 Å². The lowest BCUT2D eigenvalue weighted by molar-refractivity contribution is 1.50. The number of halogens is 1. The standard InChI is InChI=1S/C7H10.C2H6.HI/c1-4-6-7(3)5-2;1-2;/h4-6H,1-2H2,3H3;1-2H3;1H/b7-6-;;. The summed E-state index contributed by atoms with van der Waals surface area (Å²) in [5.74, 6) is 0. The highest BCUT2D eigenvalue weighted by Gasteiger charge is 1.68. The summed E-state index contributed by atoms with van der Waals surface area (Å²) < 4.78 is 0. The van der Waals surface area contributed by atoms with Crippen LogP contribution in [0.1, 0.15) is 20.8 Å². The quantitative estimate of drug-likeness (QED) is 0.515. The third-order valence-corrected chi connectivity index (χ3v) is 0.703. The van der Waals surface area contributed by atoms with Crippen molar-refractivity contribution in [2.45, 2.75) is 20.8 Å². The van der Waals surface area contributed by atoms with Crippen molar-refractivity contribution in [1.29, 1.82) is 0 Å². The van der Waals surface area contributed by atoms with Gasteiger partial charge in [0.2, 0.25) is 0 Å². The van der Waals surface area contributed by atoms with Gasteiger partial charge in [-0.1, -0.05) is 50.8 Å². The minimum Gasteiger partial charge on any atom is -0.107 e. The molecule has 0 aromatic carbocycles. The molecule has 0 N–H and O–H groups in total. The second kappa shape index (κ2) is 16.0. The van der Waals surface area contributed by atoms with Crippen LogP contribution in [-0.2, 0) is 0 Å². The Bertz CT molecular complexity index is 101. The molecule has 0 aliphatic carbocycles. The first kappa shape index (κ1) is 16.5. The van der Waals surface area contributed by atoms with Crippen LogP contribution in [0.15, 0.2) is 37.0 Å². The second-order valence-electron chi connectivity index (χ2n) is 1.35. The molecule has 0 aromatic heterocycles. The van der Waals surface area contributed by atoms with Crippen LogP contribution >= 0.6 is 24.0 Å². The second-order valence-corrected chi connectivity index (χ2v) is 1.35. The molecule has 0 atom stereocenters. The highest BCUT2D eigenvalue weighted by molar-refractivity contribution is 14.0. The van der Waals surface area contributed by atoms with Crippen LogP contribution in [0, 0.1) is 0 Å². The summed E-state index contributed by atoms with van der Waals surface area (Å²) in [7, 11) is 0. The van der Waals surface area contributed by atoms with Gasteiger partial charge in [0.1, 0.15) is 0 Å². The van der Waals surface area contributed by atoms with Crippen molar-refractivity contribution < 1.29 is 0 Å². The monoisotopic (exact) mass is 252 g/mol. The Labute approximate surface area is 81.7 Å². The Kier molecular flexibility index (Phi) is 26.4. The van der Waals surface area contributed by atoms with Gasteiger partial charge >= 0.3 is 0 Å². The Hall–Kier alpha value is -0.0500. The van der Waals surface area contributed by atoms with Crippen molar-refractivity contribution in [3.63, 3.8) is 0 Å². The maximum Gasteiger partial charge on any atom is -0.0398 e. The molecular formula is C9H17I. The molecule has 0 aliphatic heterocycles. The van der Waals surface area contributed by atoms with E-state index in [4.69, 9.17) is 0 Å². The van der Waals surface area contributed by atoms with Crippen LogP contribution in [0.3, 0.4) is 0 Å². The normalized spacial score (nSPS) is 8.10. The third-order valence-electron chi connectivity index (χ3n) is 0.703. The summed E-state index contributed by atoms with van der Waals surface area (Å²) >= 11 is 0. The summed E-state index contributed by atoms with van der Waals surface area (Å²) in [6.45, 7) is 13.1. The molecular weight excluding hydrogens is 235 g/mol. The van der Waals surface area contributed by atoms with Gasteiger partial charge < -0.3 is 0 Å². The number of rotatable bonds is 2. The molecule has 60 valence electrons. The molecule has 0 aliphatic rings. The van der Waals surface area contributed by atoms with E-state index in [0.717, 1.165) is 5.57 Å². The lowest BCUT2D eigenvalue weighted by atomic mass is 10.3. The van der Waals surface area contributed by atoms with Crippen LogP contribution < -0.4 is 0 Å². The molecule has 0 radical (unpaired) electrons.